The lowest BCUT2D eigenvalue weighted by atomic mass is 10.2. The van der Waals surface area contributed by atoms with Gasteiger partial charge in [-0.25, -0.2) is 4.79 Å². The highest BCUT2D eigenvalue weighted by molar-refractivity contribution is 8.01. The zero-order valence-electron chi connectivity index (χ0n) is 13.3. The fourth-order valence-electron chi connectivity index (χ4n) is 2.29. The second-order valence-electron chi connectivity index (χ2n) is 5.45. The molecule has 23 heavy (non-hydrogen) atoms. The van der Waals surface area contributed by atoms with Gasteiger partial charge in [0.25, 0.3) is 0 Å². The summed E-state index contributed by atoms with van der Waals surface area (Å²) in [5.74, 6) is -0.164. The molecule has 3 N–H and O–H groups in total. The fourth-order valence-corrected chi connectivity index (χ4v) is 3.87. The molecule has 1 aliphatic carbocycles. The quantitative estimate of drug-likeness (QED) is 0.489. The molecule has 0 aliphatic heterocycles. The Morgan fingerprint density at radius 3 is 2.83 bits per heavy atom. The van der Waals surface area contributed by atoms with Gasteiger partial charge in [0.1, 0.15) is 0 Å². The van der Waals surface area contributed by atoms with E-state index in [1.165, 1.54) is 23.1 Å². The topological polar surface area (TPSA) is 96.0 Å². The number of thioether (sulfide) groups is 1. The Bertz CT molecular complexity index is 517. The van der Waals surface area contributed by atoms with E-state index in [0.29, 0.717) is 0 Å². The van der Waals surface area contributed by atoms with Crippen molar-refractivity contribution >= 4 is 40.2 Å². The molecular weight excluding hydrogens is 334 g/mol. The highest BCUT2D eigenvalue weighted by Crippen LogP contribution is 2.25. The van der Waals surface area contributed by atoms with Crippen molar-refractivity contribution in [2.24, 2.45) is 0 Å². The minimum atomic E-state index is -0.401. The first-order valence-electron chi connectivity index (χ1n) is 7.98. The summed E-state index contributed by atoms with van der Waals surface area (Å²) in [7, 11) is 0. The molecule has 1 aromatic rings. The monoisotopic (exact) mass is 357 g/mol. The van der Waals surface area contributed by atoms with Gasteiger partial charge in [-0.05, 0) is 19.3 Å². The summed E-state index contributed by atoms with van der Waals surface area (Å²) >= 11 is 2.71. The van der Waals surface area contributed by atoms with Crippen LogP contribution >= 0.6 is 23.1 Å². The van der Waals surface area contributed by atoms with E-state index in [4.69, 9.17) is 0 Å². The summed E-state index contributed by atoms with van der Waals surface area (Å²) < 4.78 is 0.718. The maximum Gasteiger partial charge on any atom is 0.321 e. The third-order valence-corrected chi connectivity index (χ3v) is 5.50. The average molecular weight is 358 g/mol. The van der Waals surface area contributed by atoms with Crippen molar-refractivity contribution in [3.63, 3.8) is 0 Å². The average Bonchev–Trinajstić information content (AvgIpc) is 3.17. The smallest absolute Gasteiger partial charge is 0.321 e. The van der Waals surface area contributed by atoms with Crippen LogP contribution in [0.3, 0.4) is 0 Å². The molecule has 0 spiro atoms. The summed E-state index contributed by atoms with van der Waals surface area (Å²) in [5.41, 5.74) is 0. The van der Waals surface area contributed by atoms with Gasteiger partial charge in [0.05, 0.1) is 5.75 Å². The van der Waals surface area contributed by atoms with Crippen LogP contribution in [0.5, 0.6) is 0 Å². The van der Waals surface area contributed by atoms with Crippen LogP contribution in [0.1, 0.15) is 45.4 Å². The van der Waals surface area contributed by atoms with E-state index >= 15 is 0 Å². The summed E-state index contributed by atoms with van der Waals surface area (Å²) in [6.45, 7) is 3.00. The van der Waals surface area contributed by atoms with Gasteiger partial charge in [-0.1, -0.05) is 49.3 Å². The predicted octanol–water partition coefficient (Wildman–Crippen LogP) is 2.61. The highest BCUT2D eigenvalue weighted by atomic mass is 32.2. The van der Waals surface area contributed by atoms with Crippen molar-refractivity contribution in [1.82, 2.24) is 20.8 Å². The number of hydrogen-bond donors (Lipinski definition) is 3. The molecular formula is C14H23N5O2S2. The number of aromatic nitrogens is 2. The van der Waals surface area contributed by atoms with Crippen molar-refractivity contribution < 1.29 is 9.59 Å². The third-order valence-electron chi connectivity index (χ3n) is 3.48. The van der Waals surface area contributed by atoms with Crippen LogP contribution in [0, 0.1) is 0 Å². The normalized spacial score (nSPS) is 14.7. The summed E-state index contributed by atoms with van der Waals surface area (Å²) in [5, 5.41) is 17.2. The van der Waals surface area contributed by atoms with E-state index in [-0.39, 0.29) is 17.7 Å². The van der Waals surface area contributed by atoms with Crippen molar-refractivity contribution in [1.29, 1.82) is 0 Å². The minimum absolute atomic E-state index is 0.154. The molecule has 0 aromatic carbocycles. The van der Waals surface area contributed by atoms with Gasteiger partial charge >= 0.3 is 6.03 Å². The van der Waals surface area contributed by atoms with Crippen LogP contribution in [-0.2, 0) is 4.79 Å². The van der Waals surface area contributed by atoms with Crippen molar-refractivity contribution in [3.8, 4) is 0 Å². The lowest BCUT2D eigenvalue weighted by Gasteiger charge is -2.11. The highest BCUT2D eigenvalue weighted by Gasteiger charge is 2.18. The number of nitrogens with one attached hydrogen (secondary N) is 3. The Kier molecular flexibility index (Phi) is 7.60. The predicted molar refractivity (Wildman–Crippen MR) is 93.0 cm³/mol. The number of rotatable bonds is 8. The number of anilines is 1. The molecule has 7 nitrogen and oxygen atoms in total. The van der Waals surface area contributed by atoms with E-state index in [9.17, 15) is 9.59 Å². The van der Waals surface area contributed by atoms with Gasteiger partial charge in [-0.2, -0.15) is 0 Å². The number of nitrogens with zero attached hydrogens (tertiary/aromatic N) is 2. The van der Waals surface area contributed by atoms with Crippen molar-refractivity contribution in [3.05, 3.63) is 0 Å². The zero-order chi connectivity index (χ0) is 16.5. The van der Waals surface area contributed by atoms with Crippen molar-refractivity contribution in [2.45, 2.75) is 55.8 Å². The molecule has 0 atom stereocenters. The number of carbonyl (C=O) groups is 2. The lowest BCUT2D eigenvalue weighted by Crippen LogP contribution is -2.44. The molecule has 1 fully saturated rings. The van der Waals surface area contributed by atoms with Crippen LogP contribution in [0.25, 0.3) is 0 Å². The van der Waals surface area contributed by atoms with Gasteiger partial charge < -0.3 is 10.6 Å². The summed E-state index contributed by atoms with van der Waals surface area (Å²) in [4.78, 5) is 23.5. The first-order chi connectivity index (χ1) is 11.2. The maximum absolute atomic E-state index is 11.8. The number of hydrogen-bond acceptors (Lipinski definition) is 7. The third kappa shape index (κ3) is 6.74. The first-order valence-corrected chi connectivity index (χ1v) is 9.78. The number of urea groups is 1. The van der Waals surface area contributed by atoms with Gasteiger partial charge in [-0.15, -0.1) is 10.2 Å². The molecule has 3 amide bonds. The van der Waals surface area contributed by atoms with Gasteiger partial charge in [0.2, 0.25) is 11.0 Å². The standard InChI is InChI=1S/C14H23N5O2S2/c1-2-3-8-15-13-18-19-14(23-13)22-9-11(20)17-12(21)16-10-6-4-5-7-10/h10H,2-9H2,1H3,(H,15,18)(H2,16,17,20,21). The molecule has 0 saturated heterocycles. The van der Waals surface area contributed by atoms with Crippen molar-refractivity contribution in [2.75, 3.05) is 17.6 Å². The largest absolute Gasteiger partial charge is 0.360 e. The molecule has 1 heterocycles. The van der Waals surface area contributed by atoms with E-state index < -0.39 is 6.03 Å². The second-order valence-corrected chi connectivity index (χ2v) is 7.65. The molecule has 9 heteroatoms. The zero-order valence-corrected chi connectivity index (χ0v) is 14.9. The van der Waals surface area contributed by atoms with Gasteiger partial charge in [0.15, 0.2) is 4.34 Å². The Morgan fingerprint density at radius 1 is 1.30 bits per heavy atom. The van der Waals surface area contributed by atoms with Crippen LogP contribution in [-0.4, -0.2) is 40.5 Å². The number of amides is 3. The molecule has 1 aromatic heterocycles. The Morgan fingerprint density at radius 2 is 2.09 bits per heavy atom. The van der Waals surface area contributed by atoms with E-state index in [2.05, 4.69) is 33.1 Å². The number of imide groups is 1. The second kappa shape index (κ2) is 9.71. The lowest BCUT2D eigenvalue weighted by molar-refractivity contribution is -0.117. The van der Waals surface area contributed by atoms with Crippen LogP contribution in [0.2, 0.25) is 0 Å². The molecule has 2 rings (SSSR count). The molecule has 0 bridgehead atoms. The first kappa shape index (κ1) is 18.0. The fraction of sp³-hybridized carbons (Fsp3) is 0.714. The Labute approximate surface area is 144 Å². The summed E-state index contributed by atoms with van der Waals surface area (Å²) in [6.07, 6.45) is 6.47. The molecule has 128 valence electrons. The maximum atomic E-state index is 11.8. The number of carbonyl (C=O) groups excluding carboxylic acids is 2. The van der Waals surface area contributed by atoms with Crippen LogP contribution in [0.15, 0.2) is 4.34 Å². The Hall–Kier alpha value is -1.35. The molecule has 0 radical (unpaired) electrons. The number of unbranched alkanes of at least 4 members (excludes halogenated alkanes) is 1. The minimum Gasteiger partial charge on any atom is -0.360 e. The van der Waals surface area contributed by atoms with Crippen LogP contribution in [0.4, 0.5) is 9.93 Å². The Balaban J connectivity index is 1.64. The van der Waals surface area contributed by atoms with E-state index in [1.54, 1.807) is 0 Å². The van der Waals surface area contributed by atoms with Gasteiger partial charge in [0, 0.05) is 12.6 Å². The summed E-state index contributed by atoms with van der Waals surface area (Å²) in [6, 6.07) is -0.197. The van der Waals surface area contributed by atoms with Gasteiger partial charge in [-0.3, -0.25) is 10.1 Å². The van der Waals surface area contributed by atoms with E-state index in [1.807, 2.05) is 0 Å². The molecule has 0 unspecified atom stereocenters. The molecule has 1 aliphatic rings. The van der Waals surface area contributed by atoms with E-state index in [0.717, 1.165) is 54.5 Å². The SMILES string of the molecule is CCCCNc1nnc(SCC(=O)NC(=O)NC2CCCC2)s1. The molecule has 1 saturated carbocycles. The van der Waals surface area contributed by atoms with Crippen LogP contribution < -0.4 is 16.0 Å².